The number of carboxylic acids is 1. The van der Waals surface area contributed by atoms with Crippen LogP contribution in [-0.2, 0) is 20.8 Å². The molecule has 4 N–H and O–H groups in total. The van der Waals surface area contributed by atoms with Gasteiger partial charge in [0, 0.05) is 18.0 Å². The van der Waals surface area contributed by atoms with Crippen molar-refractivity contribution in [3.63, 3.8) is 0 Å². The Labute approximate surface area is 222 Å². The summed E-state index contributed by atoms with van der Waals surface area (Å²) in [7, 11) is 0. The van der Waals surface area contributed by atoms with Gasteiger partial charge in [0.2, 0.25) is 16.9 Å². The van der Waals surface area contributed by atoms with Crippen LogP contribution < -0.4 is 16.0 Å². The van der Waals surface area contributed by atoms with Gasteiger partial charge in [0.1, 0.15) is 5.01 Å². The van der Waals surface area contributed by atoms with Crippen molar-refractivity contribution in [2.45, 2.75) is 70.1 Å². The molecule has 0 spiro atoms. The Bertz CT molecular complexity index is 1070. The van der Waals surface area contributed by atoms with Crippen molar-refractivity contribution in [2.24, 2.45) is 0 Å². The zero-order valence-corrected chi connectivity index (χ0v) is 21.9. The minimum Gasteiger partial charge on any atom is -0.475 e. The average molecular weight is 556 g/mol. The SMILES string of the molecule is CC(C)c1nnc(NC(=O)C=C[C@H](CCc2ccccc2)NC(=O)[C@@H]2CCCCN2)s1.O=C(O)C(F)(F)F. The molecular weight excluding hydrogens is 523 g/mol. The van der Waals surface area contributed by atoms with Gasteiger partial charge in [-0.1, -0.05) is 68.0 Å². The van der Waals surface area contributed by atoms with Crippen LogP contribution >= 0.6 is 11.3 Å². The molecule has 1 aromatic heterocycles. The van der Waals surface area contributed by atoms with Crippen LogP contribution in [0.2, 0.25) is 0 Å². The van der Waals surface area contributed by atoms with Gasteiger partial charge in [-0.15, -0.1) is 10.2 Å². The zero-order valence-electron chi connectivity index (χ0n) is 21.1. The molecule has 208 valence electrons. The van der Waals surface area contributed by atoms with Crippen LogP contribution in [0, 0.1) is 0 Å². The third-order valence-corrected chi connectivity index (χ3v) is 6.57. The third-order valence-electron chi connectivity index (χ3n) is 5.43. The molecule has 0 bridgehead atoms. The summed E-state index contributed by atoms with van der Waals surface area (Å²) in [4.78, 5) is 34.0. The minimum atomic E-state index is -5.08. The molecule has 2 atom stereocenters. The highest BCUT2D eigenvalue weighted by Crippen LogP contribution is 2.22. The fourth-order valence-electron chi connectivity index (χ4n) is 3.41. The summed E-state index contributed by atoms with van der Waals surface area (Å²) in [6.45, 7) is 4.94. The number of nitrogens with zero attached hydrogens (tertiary/aromatic N) is 2. The van der Waals surface area contributed by atoms with E-state index in [4.69, 9.17) is 9.90 Å². The largest absolute Gasteiger partial charge is 0.490 e. The lowest BCUT2D eigenvalue weighted by Gasteiger charge is -2.25. The number of hydrogen-bond donors (Lipinski definition) is 4. The number of carbonyl (C=O) groups is 3. The highest BCUT2D eigenvalue weighted by Gasteiger charge is 2.38. The van der Waals surface area contributed by atoms with Crippen molar-refractivity contribution in [2.75, 3.05) is 11.9 Å². The van der Waals surface area contributed by atoms with Gasteiger partial charge >= 0.3 is 12.1 Å². The first-order chi connectivity index (χ1) is 18.0. The molecule has 0 unspecified atom stereocenters. The number of halogens is 3. The molecule has 3 rings (SSSR count). The smallest absolute Gasteiger partial charge is 0.475 e. The van der Waals surface area contributed by atoms with Crippen LogP contribution in [0.1, 0.15) is 56.0 Å². The normalized spacial score (nSPS) is 16.4. The summed E-state index contributed by atoms with van der Waals surface area (Å²) in [6, 6.07) is 9.74. The van der Waals surface area contributed by atoms with E-state index in [0.717, 1.165) is 37.2 Å². The molecule has 0 aliphatic carbocycles. The lowest BCUT2D eigenvalue weighted by molar-refractivity contribution is -0.192. The van der Waals surface area contributed by atoms with Crippen LogP contribution in [0.3, 0.4) is 0 Å². The Hall–Kier alpha value is -3.32. The molecule has 2 amide bonds. The molecule has 1 saturated heterocycles. The van der Waals surface area contributed by atoms with Gasteiger partial charge in [0.25, 0.3) is 0 Å². The van der Waals surface area contributed by atoms with E-state index in [9.17, 15) is 22.8 Å². The van der Waals surface area contributed by atoms with Gasteiger partial charge in [-0.2, -0.15) is 13.2 Å². The maximum atomic E-state index is 12.7. The molecule has 2 aromatic rings. The Morgan fingerprint density at radius 1 is 1.18 bits per heavy atom. The van der Waals surface area contributed by atoms with E-state index in [1.165, 1.54) is 23.0 Å². The second kappa shape index (κ2) is 15.2. The average Bonchev–Trinajstić information content (AvgIpc) is 3.35. The van der Waals surface area contributed by atoms with E-state index in [2.05, 4.69) is 38.3 Å². The number of carbonyl (C=O) groups excluding carboxylic acids is 2. The fourth-order valence-corrected chi connectivity index (χ4v) is 4.16. The number of nitrogens with one attached hydrogen (secondary N) is 3. The quantitative estimate of drug-likeness (QED) is 0.343. The number of rotatable bonds is 9. The lowest BCUT2D eigenvalue weighted by atomic mass is 10.0. The maximum absolute atomic E-state index is 12.7. The van der Waals surface area contributed by atoms with Crippen molar-refractivity contribution >= 4 is 34.3 Å². The zero-order chi connectivity index (χ0) is 28.1. The number of aromatic nitrogens is 2. The molecule has 9 nitrogen and oxygen atoms in total. The summed E-state index contributed by atoms with van der Waals surface area (Å²) in [6.07, 6.45) is 2.68. The molecule has 1 fully saturated rings. The van der Waals surface area contributed by atoms with Gasteiger partial charge in [0.15, 0.2) is 0 Å². The first kappa shape index (κ1) is 30.9. The van der Waals surface area contributed by atoms with Crippen LogP contribution in [0.15, 0.2) is 42.5 Å². The first-order valence-electron chi connectivity index (χ1n) is 12.2. The summed E-state index contributed by atoms with van der Waals surface area (Å²) in [5, 5.41) is 25.7. The number of aliphatic carboxylic acids is 1. The second-order valence-electron chi connectivity index (χ2n) is 8.89. The van der Waals surface area contributed by atoms with Crippen LogP contribution in [0.5, 0.6) is 0 Å². The number of aryl methyl sites for hydroxylation is 1. The molecule has 0 saturated carbocycles. The van der Waals surface area contributed by atoms with Crippen molar-refractivity contribution in [3.8, 4) is 0 Å². The molecular formula is C25H32F3N5O4S. The summed E-state index contributed by atoms with van der Waals surface area (Å²) in [5.74, 6) is -2.77. The molecule has 0 radical (unpaired) electrons. The Balaban J connectivity index is 0.000000638. The maximum Gasteiger partial charge on any atom is 0.490 e. The fraction of sp³-hybridized carbons (Fsp3) is 0.480. The van der Waals surface area contributed by atoms with E-state index < -0.39 is 12.1 Å². The van der Waals surface area contributed by atoms with Gasteiger partial charge in [-0.25, -0.2) is 4.79 Å². The van der Waals surface area contributed by atoms with Gasteiger partial charge in [0.05, 0.1) is 6.04 Å². The molecule has 1 aliphatic heterocycles. The Kier molecular flexibility index (Phi) is 12.3. The van der Waals surface area contributed by atoms with Crippen molar-refractivity contribution in [1.29, 1.82) is 0 Å². The van der Waals surface area contributed by atoms with Crippen LogP contribution in [0.25, 0.3) is 0 Å². The standard InChI is InChI=1S/C23H31N5O2S.C2HF3O2/c1-16(2)22-27-28-23(31-22)26-20(29)14-13-18(12-11-17-8-4-3-5-9-17)25-21(30)19-10-6-7-15-24-19;3-2(4,5)1(6)7/h3-5,8-9,13-14,16,18-19,24H,6-7,10-12,15H2,1-2H3,(H,25,30)(H,26,28,29);(H,6,7)/t18-,19-;/m0./s1. The second-order valence-corrected chi connectivity index (χ2v) is 9.90. The molecule has 13 heteroatoms. The van der Waals surface area contributed by atoms with Gasteiger partial charge in [-0.05, 0) is 37.8 Å². The molecule has 1 aromatic carbocycles. The van der Waals surface area contributed by atoms with E-state index in [-0.39, 0.29) is 29.8 Å². The van der Waals surface area contributed by atoms with E-state index in [1.54, 1.807) is 6.08 Å². The monoisotopic (exact) mass is 555 g/mol. The topological polar surface area (TPSA) is 133 Å². The van der Waals surface area contributed by atoms with E-state index >= 15 is 0 Å². The number of amides is 2. The number of hydrogen-bond acceptors (Lipinski definition) is 7. The summed E-state index contributed by atoms with van der Waals surface area (Å²) in [5.41, 5.74) is 1.20. The third kappa shape index (κ3) is 11.4. The Morgan fingerprint density at radius 3 is 2.42 bits per heavy atom. The van der Waals surface area contributed by atoms with Gasteiger partial charge in [-0.3, -0.25) is 14.9 Å². The summed E-state index contributed by atoms with van der Waals surface area (Å²) >= 11 is 1.37. The van der Waals surface area contributed by atoms with Crippen molar-refractivity contribution in [1.82, 2.24) is 20.8 Å². The predicted molar refractivity (Wildman–Crippen MR) is 138 cm³/mol. The van der Waals surface area contributed by atoms with Gasteiger partial charge < -0.3 is 15.7 Å². The Morgan fingerprint density at radius 2 is 1.87 bits per heavy atom. The first-order valence-corrected chi connectivity index (χ1v) is 13.0. The highest BCUT2D eigenvalue weighted by molar-refractivity contribution is 7.15. The molecule has 1 aliphatic rings. The number of anilines is 1. The van der Waals surface area contributed by atoms with E-state index in [0.29, 0.717) is 11.6 Å². The molecule has 2 heterocycles. The highest BCUT2D eigenvalue weighted by atomic mass is 32.1. The number of alkyl halides is 3. The van der Waals surface area contributed by atoms with Crippen LogP contribution in [0.4, 0.5) is 18.3 Å². The summed E-state index contributed by atoms with van der Waals surface area (Å²) < 4.78 is 31.7. The predicted octanol–water partition coefficient (Wildman–Crippen LogP) is 4.05. The number of carboxylic acid groups (broad SMARTS) is 1. The number of benzene rings is 1. The number of piperidine rings is 1. The van der Waals surface area contributed by atoms with Crippen LogP contribution in [-0.4, -0.2) is 57.9 Å². The molecule has 38 heavy (non-hydrogen) atoms. The van der Waals surface area contributed by atoms with E-state index in [1.807, 2.05) is 32.0 Å². The minimum absolute atomic E-state index is 0.00600. The van der Waals surface area contributed by atoms with Crippen molar-refractivity contribution in [3.05, 3.63) is 53.1 Å². The lowest BCUT2D eigenvalue weighted by Crippen LogP contribution is -2.49. The van der Waals surface area contributed by atoms with Crippen molar-refractivity contribution < 1.29 is 32.7 Å².